The fraction of sp³-hybridized carbons (Fsp3) is 0.533. The summed E-state index contributed by atoms with van der Waals surface area (Å²) < 4.78 is 43.8. The van der Waals surface area contributed by atoms with Crippen LogP contribution in [-0.4, -0.2) is 49.3 Å². The number of hydrogen-bond acceptors (Lipinski definition) is 3. The molecule has 0 bridgehead atoms. The summed E-state index contributed by atoms with van der Waals surface area (Å²) in [4.78, 5) is 13.3. The minimum atomic E-state index is -4.43. The summed E-state index contributed by atoms with van der Waals surface area (Å²) in [5.74, 6) is -0.294. The molecule has 1 heterocycles. The number of benzene rings is 1. The maximum atomic E-state index is 13.0. The van der Waals surface area contributed by atoms with Crippen LogP contribution in [0.4, 0.5) is 13.2 Å². The third-order valence-corrected chi connectivity index (χ3v) is 3.92. The van der Waals surface area contributed by atoms with Gasteiger partial charge in [-0.2, -0.15) is 13.2 Å². The fourth-order valence-electron chi connectivity index (χ4n) is 2.56. The highest BCUT2D eigenvalue weighted by molar-refractivity contribution is 5.78. The molecule has 0 aliphatic carbocycles. The Morgan fingerprint density at radius 2 is 2.05 bits per heavy atom. The molecule has 1 N–H and O–H groups in total. The van der Waals surface area contributed by atoms with Crippen molar-refractivity contribution >= 4 is 5.91 Å². The fourth-order valence-corrected chi connectivity index (χ4v) is 2.56. The number of hydrogen-bond donors (Lipinski definition) is 1. The van der Waals surface area contributed by atoms with Crippen molar-refractivity contribution in [2.24, 2.45) is 0 Å². The minimum Gasteiger partial charge on any atom is -0.367 e. The van der Waals surface area contributed by atoms with Gasteiger partial charge in [-0.25, -0.2) is 0 Å². The summed E-state index contributed by atoms with van der Waals surface area (Å²) in [6.07, 6.45) is -4.59. The van der Waals surface area contributed by atoms with Crippen LogP contribution >= 0.6 is 0 Å². The van der Waals surface area contributed by atoms with E-state index >= 15 is 0 Å². The number of ether oxygens (including phenoxy) is 1. The number of carbonyl (C=O) groups is 1. The van der Waals surface area contributed by atoms with E-state index in [1.165, 1.54) is 4.90 Å². The summed E-state index contributed by atoms with van der Waals surface area (Å²) in [7, 11) is 1.06. The molecule has 1 atom stereocenters. The van der Waals surface area contributed by atoms with Crippen molar-refractivity contribution in [3.05, 3.63) is 35.9 Å². The van der Waals surface area contributed by atoms with Gasteiger partial charge in [0, 0.05) is 26.7 Å². The summed E-state index contributed by atoms with van der Waals surface area (Å²) in [5.41, 5.74) is -1.22. The number of alkyl halides is 3. The Morgan fingerprint density at radius 3 is 2.59 bits per heavy atom. The van der Waals surface area contributed by atoms with E-state index in [0.717, 1.165) is 12.7 Å². The first-order valence-corrected chi connectivity index (χ1v) is 7.01. The molecule has 1 fully saturated rings. The van der Waals surface area contributed by atoms with Gasteiger partial charge >= 0.3 is 6.18 Å². The molecule has 22 heavy (non-hydrogen) atoms. The van der Waals surface area contributed by atoms with Crippen molar-refractivity contribution in [2.45, 2.75) is 24.7 Å². The number of halogens is 3. The maximum absolute atomic E-state index is 13.0. The van der Waals surface area contributed by atoms with E-state index in [-0.39, 0.29) is 32.0 Å². The van der Waals surface area contributed by atoms with Crippen molar-refractivity contribution in [3.8, 4) is 0 Å². The molecule has 0 radical (unpaired) electrons. The van der Waals surface area contributed by atoms with Crippen molar-refractivity contribution in [2.75, 3.05) is 26.7 Å². The van der Waals surface area contributed by atoms with Crippen LogP contribution in [0.1, 0.15) is 12.0 Å². The minimum absolute atomic E-state index is 0.0615. The number of amides is 1. The van der Waals surface area contributed by atoms with Crippen LogP contribution in [0.25, 0.3) is 0 Å². The third kappa shape index (κ3) is 3.78. The maximum Gasteiger partial charge on any atom is 0.418 e. The molecule has 0 saturated carbocycles. The number of nitrogens with one attached hydrogen (secondary N) is 1. The summed E-state index contributed by atoms with van der Waals surface area (Å²) in [6.45, 7) is 0.175. The van der Waals surface area contributed by atoms with Crippen molar-refractivity contribution in [1.82, 2.24) is 10.2 Å². The lowest BCUT2D eigenvalue weighted by molar-refractivity contribution is -0.263. The zero-order chi connectivity index (χ0) is 16.2. The lowest BCUT2D eigenvalue weighted by Gasteiger charge is -2.30. The van der Waals surface area contributed by atoms with Gasteiger partial charge in [0.15, 0.2) is 5.60 Å². The standard InChI is InChI=1S/C15H19F3N2O2/c1-22-14(15(16,17)18)7-8-20(11-14)10-13(21)19-9-12-5-3-2-4-6-12/h2-6H,7-11H2,1H3,(H,19,21). The zero-order valence-electron chi connectivity index (χ0n) is 12.3. The van der Waals surface area contributed by atoms with E-state index in [1.54, 1.807) is 0 Å². The van der Waals surface area contributed by atoms with Gasteiger partial charge in [-0.1, -0.05) is 30.3 Å². The molecule has 1 aromatic rings. The molecule has 1 aliphatic rings. The normalized spacial score (nSPS) is 22.7. The van der Waals surface area contributed by atoms with E-state index in [9.17, 15) is 18.0 Å². The van der Waals surface area contributed by atoms with Crippen molar-refractivity contribution in [1.29, 1.82) is 0 Å². The first kappa shape index (κ1) is 16.8. The Morgan fingerprint density at radius 1 is 1.36 bits per heavy atom. The lowest BCUT2D eigenvalue weighted by Crippen LogP contribution is -2.49. The second-order valence-corrected chi connectivity index (χ2v) is 5.42. The monoisotopic (exact) mass is 316 g/mol. The molecular weight excluding hydrogens is 297 g/mol. The molecule has 2 rings (SSSR count). The van der Waals surface area contributed by atoms with Gasteiger partial charge in [0.05, 0.1) is 6.54 Å². The van der Waals surface area contributed by atoms with Crippen LogP contribution in [0.5, 0.6) is 0 Å². The summed E-state index contributed by atoms with van der Waals surface area (Å²) in [6, 6.07) is 9.33. The molecule has 1 aromatic carbocycles. The summed E-state index contributed by atoms with van der Waals surface area (Å²) in [5, 5.41) is 2.71. The Kier molecular flexibility index (Phi) is 5.08. The molecule has 0 aromatic heterocycles. The van der Waals surface area contributed by atoms with Crippen molar-refractivity contribution in [3.63, 3.8) is 0 Å². The van der Waals surface area contributed by atoms with Gasteiger partial charge in [0.1, 0.15) is 0 Å². The van der Waals surface area contributed by atoms with Gasteiger partial charge in [0.25, 0.3) is 0 Å². The van der Waals surface area contributed by atoms with Gasteiger partial charge in [0.2, 0.25) is 5.91 Å². The molecule has 1 saturated heterocycles. The number of likely N-dealkylation sites (tertiary alicyclic amines) is 1. The molecule has 0 spiro atoms. The van der Waals surface area contributed by atoms with Crippen LogP contribution in [0.15, 0.2) is 30.3 Å². The Balaban J connectivity index is 1.83. The molecule has 1 unspecified atom stereocenters. The molecule has 1 aliphatic heterocycles. The quantitative estimate of drug-likeness (QED) is 0.903. The predicted molar refractivity (Wildman–Crippen MR) is 75.1 cm³/mol. The molecular formula is C15H19F3N2O2. The van der Waals surface area contributed by atoms with E-state index in [0.29, 0.717) is 6.54 Å². The first-order valence-electron chi connectivity index (χ1n) is 7.01. The summed E-state index contributed by atoms with van der Waals surface area (Å²) >= 11 is 0. The van der Waals surface area contributed by atoms with Crippen molar-refractivity contribution < 1.29 is 22.7 Å². The average Bonchev–Trinajstić information content (AvgIpc) is 2.90. The Labute approximate surface area is 127 Å². The first-order chi connectivity index (χ1) is 10.4. The van der Waals surface area contributed by atoms with E-state index in [2.05, 4.69) is 5.32 Å². The number of carbonyl (C=O) groups excluding carboxylic acids is 1. The predicted octanol–water partition coefficient (Wildman–Crippen LogP) is 1.96. The van der Waals surface area contributed by atoms with Crippen LogP contribution in [0.3, 0.4) is 0 Å². The second-order valence-electron chi connectivity index (χ2n) is 5.42. The molecule has 4 nitrogen and oxygen atoms in total. The lowest BCUT2D eigenvalue weighted by atomic mass is 10.0. The average molecular weight is 316 g/mol. The smallest absolute Gasteiger partial charge is 0.367 e. The Bertz CT molecular complexity index is 507. The van der Waals surface area contributed by atoms with Crippen LogP contribution < -0.4 is 5.32 Å². The highest BCUT2D eigenvalue weighted by Crippen LogP contribution is 2.40. The van der Waals surface area contributed by atoms with Crippen LogP contribution in [0, 0.1) is 0 Å². The van der Waals surface area contributed by atoms with E-state index in [4.69, 9.17) is 4.74 Å². The number of methoxy groups -OCH3 is 1. The third-order valence-electron chi connectivity index (χ3n) is 3.92. The zero-order valence-corrected chi connectivity index (χ0v) is 12.3. The Hall–Kier alpha value is -1.60. The van der Waals surface area contributed by atoms with Gasteiger partial charge in [-0.3, -0.25) is 9.69 Å². The highest BCUT2D eigenvalue weighted by atomic mass is 19.4. The van der Waals surface area contributed by atoms with Gasteiger partial charge < -0.3 is 10.1 Å². The van der Waals surface area contributed by atoms with E-state index < -0.39 is 11.8 Å². The second kappa shape index (κ2) is 6.66. The molecule has 1 amide bonds. The number of rotatable bonds is 5. The van der Waals surface area contributed by atoms with Gasteiger partial charge in [-0.15, -0.1) is 0 Å². The topological polar surface area (TPSA) is 41.6 Å². The van der Waals surface area contributed by atoms with Crippen LogP contribution in [0.2, 0.25) is 0 Å². The van der Waals surface area contributed by atoms with Gasteiger partial charge in [-0.05, 0) is 12.0 Å². The molecule has 122 valence electrons. The van der Waals surface area contributed by atoms with Crippen LogP contribution in [-0.2, 0) is 16.1 Å². The van der Waals surface area contributed by atoms with E-state index in [1.807, 2.05) is 30.3 Å². The number of nitrogens with zero attached hydrogens (tertiary/aromatic N) is 1. The highest BCUT2D eigenvalue weighted by Gasteiger charge is 2.58. The molecule has 7 heteroatoms. The SMILES string of the molecule is COC1(C(F)(F)F)CCN(CC(=O)NCc2ccccc2)C1. The largest absolute Gasteiger partial charge is 0.418 e.